The molecular weight excluding hydrogens is 172 g/mol. The lowest BCUT2D eigenvalue weighted by Gasteiger charge is -2.02. The van der Waals surface area contributed by atoms with Gasteiger partial charge in [0, 0.05) is 18.8 Å². The summed E-state index contributed by atoms with van der Waals surface area (Å²) in [5, 5.41) is 11.7. The topological polar surface area (TPSA) is 82.2 Å². The number of amides is 1. The van der Waals surface area contributed by atoms with Crippen LogP contribution in [0, 0.1) is 0 Å². The van der Waals surface area contributed by atoms with Gasteiger partial charge in [-0.15, -0.1) is 0 Å². The molecule has 0 atom stereocenters. The van der Waals surface area contributed by atoms with E-state index in [0.717, 1.165) is 6.07 Å². The minimum absolute atomic E-state index is 0.0708. The van der Waals surface area contributed by atoms with Crippen LogP contribution in [-0.2, 0) is 0 Å². The van der Waals surface area contributed by atoms with Crippen molar-refractivity contribution in [1.82, 2.24) is 10.3 Å². The number of aromatic amines is 1. The fraction of sp³-hybridized carbons (Fsp3) is 0.250. The predicted molar refractivity (Wildman–Crippen MR) is 46.7 cm³/mol. The molecule has 0 aliphatic rings. The molecule has 5 nitrogen and oxygen atoms in total. The lowest BCUT2D eigenvalue weighted by molar-refractivity contribution is 0.0953. The zero-order valence-electron chi connectivity index (χ0n) is 7.13. The van der Waals surface area contributed by atoms with Crippen LogP contribution in [0.4, 0.5) is 0 Å². The lowest BCUT2D eigenvalue weighted by Crippen LogP contribution is -2.23. The lowest BCUT2D eigenvalue weighted by atomic mass is 10.2. The molecule has 1 aromatic heterocycles. The van der Waals surface area contributed by atoms with Crippen molar-refractivity contribution in [2.45, 2.75) is 6.92 Å². The highest BCUT2D eigenvalue weighted by atomic mass is 16.3. The van der Waals surface area contributed by atoms with E-state index < -0.39 is 11.5 Å². The van der Waals surface area contributed by atoms with Gasteiger partial charge in [0.25, 0.3) is 11.5 Å². The van der Waals surface area contributed by atoms with E-state index in [2.05, 4.69) is 10.3 Å². The number of aromatic hydroxyl groups is 1. The van der Waals surface area contributed by atoms with Crippen LogP contribution in [0.3, 0.4) is 0 Å². The average molecular weight is 182 g/mol. The van der Waals surface area contributed by atoms with Gasteiger partial charge in [-0.25, -0.2) is 0 Å². The van der Waals surface area contributed by atoms with E-state index in [1.807, 2.05) is 0 Å². The van der Waals surface area contributed by atoms with E-state index >= 15 is 0 Å². The summed E-state index contributed by atoms with van der Waals surface area (Å²) in [6.07, 6.45) is 1.18. The minimum Gasteiger partial charge on any atom is -0.507 e. The molecule has 0 saturated heterocycles. The molecule has 0 fully saturated rings. The largest absolute Gasteiger partial charge is 0.507 e. The van der Waals surface area contributed by atoms with E-state index in [0.29, 0.717) is 6.54 Å². The number of hydrogen-bond donors (Lipinski definition) is 3. The Morgan fingerprint density at radius 1 is 1.69 bits per heavy atom. The van der Waals surface area contributed by atoms with Crippen LogP contribution in [0.1, 0.15) is 17.3 Å². The standard InChI is InChI=1S/C8H10N2O3/c1-2-9-8(13)5-4-10-7(12)3-6(5)11/h3-4H,2H2,1H3,(H,9,13)(H2,10,11,12). The van der Waals surface area contributed by atoms with Crippen LogP contribution in [0.15, 0.2) is 17.1 Å². The monoisotopic (exact) mass is 182 g/mol. The Morgan fingerprint density at radius 2 is 2.38 bits per heavy atom. The maximum atomic E-state index is 11.2. The number of aromatic nitrogens is 1. The number of nitrogens with one attached hydrogen (secondary N) is 2. The van der Waals surface area contributed by atoms with Gasteiger partial charge >= 0.3 is 0 Å². The van der Waals surface area contributed by atoms with Gasteiger partial charge < -0.3 is 15.4 Å². The van der Waals surface area contributed by atoms with Gasteiger partial charge in [-0.2, -0.15) is 0 Å². The zero-order valence-corrected chi connectivity index (χ0v) is 7.13. The van der Waals surface area contributed by atoms with E-state index in [4.69, 9.17) is 0 Å². The summed E-state index contributed by atoms with van der Waals surface area (Å²) < 4.78 is 0. The number of pyridine rings is 1. The first kappa shape index (κ1) is 9.31. The molecule has 0 aliphatic heterocycles. The Labute approximate surface area is 74.4 Å². The number of carbonyl (C=O) groups is 1. The summed E-state index contributed by atoms with van der Waals surface area (Å²) in [5.41, 5.74) is -0.369. The summed E-state index contributed by atoms with van der Waals surface area (Å²) in [6.45, 7) is 2.23. The maximum Gasteiger partial charge on any atom is 0.256 e. The van der Waals surface area contributed by atoms with E-state index in [9.17, 15) is 14.7 Å². The first-order valence-electron chi connectivity index (χ1n) is 3.85. The van der Waals surface area contributed by atoms with Crippen LogP contribution < -0.4 is 10.9 Å². The molecule has 1 heterocycles. The van der Waals surface area contributed by atoms with Gasteiger partial charge in [-0.05, 0) is 6.92 Å². The normalized spacial score (nSPS) is 9.62. The SMILES string of the molecule is CCNC(=O)c1c[nH]c(=O)cc1O. The smallest absolute Gasteiger partial charge is 0.256 e. The van der Waals surface area contributed by atoms with E-state index in [1.165, 1.54) is 6.20 Å². The van der Waals surface area contributed by atoms with Crippen LogP contribution in [0.5, 0.6) is 5.75 Å². The molecule has 0 radical (unpaired) electrons. The summed E-state index contributed by atoms with van der Waals surface area (Å²) in [5.74, 6) is -0.717. The maximum absolute atomic E-state index is 11.2. The zero-order chi connectivity index (χ0) is 9.84. The Balaban J connectivity index is 3.02. The molecule has 0 saturated carbocycles. The third kappa shape index (κ3) is 2.08. The molecule has 3 N–H and O–H groups in total. The van der Waals surface area contributed by atoms with Gasteiger partial charge in [0.1, 0.15) is 5.75 Å². The third-order valence-corrected chi connectivity index (χ3v) is 1.48. The van der Waals surface area contributed by atoms with E-state index in [1.54, 1.807) is 6.92 Å². The highest BCUT2D eigenvalue weighted by molar-refractivity contribution is 5.96. The molecule has 70 valence electrons. The van der Waals surface area contributed by atoms with Crippen molar-refractivity contribution >= 4 is 5.91 Å². The molecule has 0 aliphatic carbocycles. The van der Waals surface area contributed by atoms with Crippen molar-refractivity contribution < 1.29 is 9.90 Å². The van der Waals surface area contributed by atoms with Gasteiger partial charge in [0.05, 0.1) is 5.56 Å². The fourth-order valence-electron chi connectivity index (χ4n) is 0.898. The van der Waals surface area contributed by atoms with Crippen molar-refractivity contribution in [2.24, 2.45) is 0 Å². The molecule has 5 heteroatoms. The third-order valence-electron chi connectivity index (χ3n) is 1.48. The molecule has 0 bridgehead atoms. The highest BCUT2D eigenvalue weighted by Gasteiger charge is 2.09. The van der Waals surface area contributed by atoms with E-state index in [-0.39, 0.29) is 11.3 Å². The van der Waals surface area contributed by atoms with Crippen LogP contribution in [0.25, 0.3) is 0 Å². The molecule has 13 heavy (non-hydrogen) atoms. The molecular formula is C8H10N2O3. The number of rotatable bonds is 2. The second-order valence-electron chi connectivity index (χ2n) is 2.46. The summed E-state index contributed by atoms with van der Waals surface area (Å²) in [4.78, 5) is 24.2. The second-order valence-corrected chi connectivity index (χ2v) is 2.46. The predicted octanol–water partition coefficient (Wildman–Crippen LogP) is -0.170. The van der Waals surface area contributed by atoms with Crippen LogP contribution in [0.2, 0.25) is 0 Å². The molecule has 0 aromatic carbocycles. The Bertz CT molecular complexity index is 370. The van der Waals surface area contributed by atoms with Crippen molar-refractivity contribution in [1.29, 1.82) is 0 Å². The quantitative estimate of drug-likeness (QED) is 0.593. The Kier molecular flexibility index (Phi) is 2.69. The van der Waals surface area contributed by atoms with Gasteiger partial charge in [-0.1, -0.05) is 0 Å². The number of carbonyl (C=O) groups excluding carboxylic acids is 1. The van der Waals surface area contributed by atoms with Gasteiger partial charge in [-0.3, -0.25) is 9.59 Å². The van der Waals surface area contributed by atoms with Gasteiger partial charge in [0.15, 0.2) is 0 Å². The van der Waals surface area contributed by atoms with Crippen LogP contribution in [-0.4, -0.2) is 22.5 Å². The first-order valence-corrected chi connectivity index (χ1v) is 3.85. The molecule has 1 rings (SSSR count). The number of hydrogen-bond acceptors (Lipinski definition) is 3. The molecule has 0 spiro atoms. The van der Waals surface area contributed by atoms with Crippen molar-refractivity contribution in [3.8, 4) is 5.75 Å². The van der Waals surface area contributed by atoms with Crippen molar-refractivity contribution in [3.05, 3.63) is 28.2 Å². The molecule has 1 aromatic rings. The molecule has 1 amide bonds. The van der Waals surface area contributed by atoms with Gasteiger partial charge in [0.2, 0.25) is 0 Å². The molecule has 0 unspecified atom stereocenters. The summed E-state index contributed by atoms with van der Waals surface area (Å²) in [6, 6.07) is 0.963. The highest BCUT2D eigenvalue weighted by Crippen LogP contribution is 2.10. The van der Waals surface area contributed by atoms with Crippen molar-refractivity contribution in [2.75, 3.05) is 6.54 Å². The first-order chi connectivity index (χ1) is 6.15. The number of H-pyrrole nitrogens is 1. The Morgan fingerprint density at radius 3 is 2.92 bits per heavy atom. The summed E-state index contributed by atoms with van der Waals surface area (Å²) in [7, 11) is 0. The Hall–Kier alpha value is -1.78. The average Bonchev–Trinajstić information content (AvgIpc) is 2.04. The second kappa shape index (κ2) is 3.75. The summed E-state index contributed by atoms with van der Waals surface area (Å²) >= 11 is 0. The fourth-order valence-corrected chi connectivity index (χ4v) is 0.898. The van der Waals surface area contributed by atoms with Crippen molar-refractivity contribution in [3.63, 3.8) is 0 Å². The van der Waals surface area contributed by atoms with Crippen LogP contribution >= 0.6 is 0 Å². The minimum atomic E-state index is -0.439.